The van der Waals surface area contributed by atoms with Crippen LogP contribution in [0, 0.1) is 0 Å². The molecule has 0 amide bonds. The molecule has 0 aromatic carbocycles. The summed E-state index contributed by atoms with van der Waals surface area (Å²) in [6.45, 7) is 30.2. The van der Waals surface area contributed by atoms with Crippen LogP contribution in [0.2, 0.25) is 0 Å². The number of rotatable bonds is 11. The number of piperidine rings is 2. The molecular weight excluding hydrogens is 648 g/mol. The van der Waals surface area contributed by atoms with Crippen molar-refractivity contribution in [2.75, 3.05) is 40.6 Å². The quantitative estimate of drug-likeness (QED) is 0.204. The summed E-state index contributed by atoms with van der Waals surface area (Å²) in [5.74, 6) is 0.323. The Hall–Kier alpha value is -0.400. The molecule has 0 unspecified atom stereocenters. The lowest BCUT2D eigenvalue weighted by molar-refractivity contribution is -0.283. The Morgan fingerprint density at radius 2 is 1.04 bits per heavy atom. The zero-order valence-electron chi connectivity index (χ0n) is 32.6. The molecule has 0 aliphatic carbocycles. The molecule has 0 atom stereocenters. The molecule has 2 heterocycles. The van der Waals surface area contributed by atoms with E-state index in [2.05, 4.69) is 9.05 Å². The number of nitrogens with two attached hydrogens (primary N) is 1. The van der Waals surface area contributed by atoms with Gasteiger partial charge in [-0.05, 0) is 104 Å². The van der Waals surface area contributed by atoms with Crippen LogP contribution in [-0.2, 0) is 41.7 Å². The summed E-state index contributed by atoms with van der Waals surface area (Å²) in [5, 5.41) is 13.4. The fourth-order valence-corrected chi connectivity index (χ4v) is 9.34. The van der Waals surface area contributed by atoms with Crippen LogP contribution in [0.1, 0.15) is 130 Å². The maximum atomic E-state index is 13.1. The summed E-state index contributed by atoms with van der Waals surface area (Å²) in [4.78, 5) is 22.3. The van der Waals surface area contributed by atoms with E-state index >= 15 is 0 Å². The number of carbonyl (C=O) groups is 1. The molecule has 0 radical (unpaired) electrons. The van der Waals surface area contributed by atoms with Gasteiger partial charge in [0.2, 0.25) is 0 Å². The molecule has 0 spiro atoms. The van der Waals surface area contributed by atoms with Gasteiger partial charge in [-0.3, -0.25) is 9.36 Å². The second-order valence-electron chi connectivity index (χ2n) is 15.2. The first kappa shape index (κ1) is 48.7. The smallest absolute Gasteiger partial charge is 0.377 e. The number of carbonyl (C=O) groups excluding carboxylic acids is 1. The monoisotopic (exact) mass is 718 g/mol. The second-order valence-corrected chi connectivity index (χ2v) is 18.5. The first-order valence-electron chi connectivity index (χ1n) is 16.4. The van der Waals surface area contributed by atoms with E-state index in [1.165, 1.54) is 0 Å². The molecular formula is C32H70N3O10P2+. The van der Waals surface area contributed by atoms with Gasteiger partial charge in [-0.2, -0.15) is 10.1 Å². The fourth-order valence-electron chi connectivity index (χ4n) is 6.45. The van der Waals surface area contributed by atoms with Gasteiger partial charge in [0.15, 0.2) is 5.34 Å². The predicted molar refractivity (Wildman–Crippen MR) is 188 cm³/mol. The van der Waals surface area contributed by atoms with Gasteiger partial charge in [-0.25, -0.2) is 0 Å². The lowest BCUT2D eigenvalue weighted by atomic mass is 9.80. The van der Waals surface area contributed by atoms with Crippen molar-refractivity contribution in [3.05, 3.63) is 0 Å². The third-order valence-electron chi connectivity index (χ3n) is 6.83. The van der Waals surface area contributed by atoms with Crippen molar-refractivity contribution in [2.45, 2.75) is 163 Å². The molecule has 2 fully saturated rings. The number of Topliss-reactive ketones (excluding diaryl/α,β-unsaturated/α-hetero) is 1. The molecule has 282 valence electrons. The summed E-state index contributed by atoms with van der Waals surface area (Å²) in [7, 11) is -2.19. The largest absolute Gasteiger partial charge is 0.697 e. The molecule has 0 aromatic rings. The SMILES string of the molecule is CC(C)(C)N.CCOP(=O)(OCC)C1(O)CC(C)(C)N(OC)C(C)(C)C1.CCO[P+](=O)OCC.CON1C(C)(C)CC(=O)CC1(C)C. The maximum Gasteiger partial charge on any atom is 0.697 e. The summed E-state index contributed by atoms with van der Waals surface area (Å²) in [6.07, 6.45) is 1.64. The van der Waals surface area contributed by atoms with Crippen LogP contribution in [0.5, 0.6) is 0 Å². The van der Waals surface area contributed by atoms with E-state index in [4.69, 9.17) is 24.5 Å². The molecule has 2 rings (SSSR count). The molecule has 15 heteroatoms. The normalized spacial score (nSPS) is 21.6. The molecule has 2 aliphatic rings. The summed E-state index contributed by atoms with van der Waals surface area (Å²) >= 11 is 0. The van der Waals surface area contributed by atoms with Crippen LogP contribution < -0.4 is 5.73 Å². The molecule has 0 aromatic heterocycles. The van der Waals surface area contributed by atoms with Gasteiger partial charge in [-0.1, -0.05) is 0 Å². The second kappa shape index (κ2) is 19.8. The van der Waals surface area contributed by atoms with E-state index in [9.17, 15) is 19.0 Å². The summed E-state index contributed by atoms with van der Waals surface area (Å²) in [5.41, 5.74) is 3.97. The highest BCUT2D eigenvalue weighted by molar-refractivity contribution is 7.55. The minimum absolute atomic E-state index is 0. The number of hydrogen-bond donors (Lipinski definition) is 2. The van der Waals surface area contributed by atoms with Crippen molar-refractivity contribution in [1.82, 2.24) is 10.1 Å². The van der Waals surface area contributed by atoms with Crippen molar-refractivity contribution in [3.8, 4) is 0 Å². The maximum absolute atomic E-state index is 13.1. The lowest BCUT2D eigenvalue weighted by Gasteiger charge is -2.56. The van der Waals surface area contributed by atoms with Gasteiger partial charge in [0.05, 0.1) is 27.4 Å². The topological polar surface area (TPSA) is 159 Å². The summed E-state index contributed by atoms with van der Waals surface area (Å²) < 4.78 is 43.4. The van der Waals surface area contributed by atoms with Crippen LogP contribution in [0.3, 0.4) is 0 Å². The van der Waals surface area contributed by atoms with Gasteiger partial charge in [0.1, 0.15) is 19.0 Å². The van der Waals surface area contributed by atoms with Crippen molar-refractivity contribution in [3.63, 3.8) is 0 Å². The van der Waals surface area contributed by atoms with Crippen LogP contribution in [0.25, 0.3) is 0 Å². The average Bonchev–Trinajstić information content (AvgIpc) is 2.81. The van der Waals surface area contributed by atoms with Crippen molar-refractivity contribution >= 4 is 21.6 Å². The van der Waals surface area contributed by atoms with E-state index in [1.54, 1.807) is 41.9 Å². The van der Waals surface area contributed by atoms with Gasteiger partial charge in [0, 0.05) is 57.9 Å². The van der Waals surface area contributed by atoms with Gasteiger partial charge >= 0.3 is 15.9 Å². The molecule has 47 heavy (non-hydrogen) atoms. The third kappa shape index (κ3) is 16.4. The first-order valence-corrected chi connectivity index (χ1v) is 19.1. The van der Waals surface area contributed by atoms with Crippen molar-refractivity contribution < 1.29 is 46.8 Å². The first-order chi connectivity index (χ1) is 21.1. The van der Waals surface area contributed by atoms with Crippen LogP contribution in [-0.4, -0.2) is 94.7 Å². The number of aliphatic hydroxyl groups is 1. The highest BCUT2D eigenvalue weighted by Crippen LogP contribution is 2.66. The zero-order valence-corrected chi connectivity index (χ0v) is 34.4. The van der Waals surface area contributed by atoms with Crippen molar-refractivity contribution in [1.29, 1.82) is 0 Å². The highest BCUT2D eigenvalue weighted by Gasteiger charge is 2.61. The van der Waals surface area contributed by atoms with Crippen LogP contribution in [0.15, 0.2) is 0 Å². The molecule has 3 N–H and O–H groups in total. The molecule has 0 saturated carbocycles. The molecule has 2 saturated heterocycles. The average molecular weight is 719 g/mol. The Morgan fingerprint density at radius 3 is 1.30 bits per heavy atom. The van der Waals surface area contributed by atoms with E-state index in [0.717, 1.165) is 0 Å². The molecule has 13 nitrogen and oxygen atoms in total. The minimum Gasteiger partial charge on any atom is -0.377 e. The van der Waals surface area contributed by atoms with Crippen LogP contribution >= 0.6 is 15.9 Å². The Bertz CT molecular complexity index is 938. The number of ketones is 1. The molecule has 2 aliphatic heterocycles. The summed E-state index contributed by atoms with van der Waals surface area (Å²) in [6, 6.07) is 0. The minimum atomic E-state index is -3.63. The number of hydroxylamine groups is 4. The number of nitrogens with zero attached hydrogens (tertiary/aromatic N) is 2. The Balaban J connectivity index is 0. The zero-order chi connectivity index (χ0) is 37.7. The molecule has 0 bridgehead atoms. The van der Waals surface area contributed by atoms with E-state index in [0.29, 0.717) is 31.8 Å². The lowest BCUT2D eigenvalue weighted by Crippen LogP contribution is -2.64. The standard InChI is InChI=1S/C14H30NO5P.C10H19NO2.C4H11N.C4H10O3P/c1-8-19-21(17,20-9-2)14(16)10-12(3,4)15(18-7)13(5,6)11-14;1-9(2)6-8(12)7-10(3,4)11(9)13-5;1-4(2,3)5;1-3-6-8(5)7-4-2/h16H,8-11H2,1-7H3;6-7H2,1-5H3;5H2,1-3H3;3-4H2,1-2H3/q;;;+1. The Morgan fingerprint density at radius 1 is 0.745 bits per heavy atom. The van der Waals surface area contributed by atoms with E-state index < -0.39 is 32.3 Å². The van der Waals surface area contributed by atoms with Gasteiger partial charge < -0.3 is 29.6 Å². The predicted octanol–water partition coefficient (Wildman–Crippen LogP) is 7.39. The Kier molecular flexibility index (Phi) is 20.6. The van der Waals surface area contributed by atoms with Gasteiger partial charge in [-0.15, -0.1) is 9.05 Å². The fraction of sp³-hybridized carbons (Fsp3) is 0.969. The highest BCUT2D eigenvalue weighted by atomic mass is 31.2. The van der Waals surface area contributed by atoms with E-state index in [1.807, 2.05) is 86.3 Å². The number of hydrogen-bond acceptors (Lipinski definition) is 13. The third-order valence-corrected chi connectivity index (χ3v) is 10.3. The van der Waals surface area contributed by atoms with Crippen molar-refractivity contribution in [2.24, 2.45) is 5.73 Å². The Labute approximate surface area is 287 Å². The van der Waals surface area contributed by atoms with E-state index in [-0.39, 0.29) is 42.7 Å². The van der Waals surface area contributed by atoms with Crippen LogP contribution in [0.4, 0.5) is 0 Å². The van der Waals surface area contributed by atoms with Gasteiger partial charge in [0.25, 0.3) is 0 Å².